The molecule has 0 saturated heterocycles. The number of benzene rings is 3. The molecule has 17 nitrogen and oxygen atoms in total. The summed E-state index contributed by atoms with van der Waals surface area (Å²) in [7, 11) is 0. The summed E-state index contributed by atoms with van der Waals surface area (Å²) in [6.45, 7) is 0. The van der Waals surface area contributed by atoms with Gasteiger partial charge in [0.15, 0.2) is 0 Å². The van der Waals surface area contributed by atoms with Crippen molar-refractivity contribution in [1.29, 1.82) is 0 Å². The zero-order valence-electron chi connectivity index (χ0n) is 28.7. The summed E-state index contributed by atoms with van der Waals surface area (Å²) in [5.41, 5.74) is 7.51. The smallest absolute Gasteiger partial charge is 0.272 e. The van der Waals surface area contributed by atoms with Gasteiger partial charge in [0.25, 0.3) is 17.3 Å². The maximum atomic E-state index is 13.4. The first-order valence-corrected chi connectivity index (χ1v) is 17.0. The molecule has 7 rings (SSSR count). The Labute approximate surface area is 312 Å². The molecule has 4 aliphatic rings. The summed E-state index contributed by atoms with van der Waals surface area (Å²) in [6.07, 6.45) is 7.07. The first-order valence-electron chi connectivity index (χ1n) is 17.0. The molecule has 6 unspecified atom stereocenters. The molecule has 3 aromatic carbocycles. The van der Waals surface area contributed by atoms with Crippen LogP contribution in [0, 0.1) is 20.2 Å². The minimum atomic E-state index is -1.49. The van der Waals surface area contributed by atoms with Crippen molar-refractivity contribution in [3.8, 4) is 0 Å². The van der Waals surface area contributed by atoms with Gasteiger partial charge in [-0.05, 0) is 35.4 Å². The number of allylic oxidation sites excluding steroid dienone is 2. The van der Waals surface area contributed by atoms with Crippen molar-refractivity contribution in [2.75, 3.05) is 10.9 Å². The molecule has 2 aliphatic heterocycles. The molecule has 3 aromatic rings. The van der Waals surface area contributed by atoms with Crippen LogP contribution in [0.25, 0.3) is 0 Å². The first kappa shape index (κ1) is 36.1. The van der Waals surface area contributed by atoms with E-state index in [0.29, 0.717) is 22.5 Å². The number of anilines is 2. The van der Waals surface area contributed by atoms with Crippen molar-refractivity contribution in [1.82, 2.24) is 5.32 Å². The predicted molar refractivity (Wildman–Crippen MR) is 206 cm³/mol. The van der Waals surface area contributed by atoms with Gasteiger partial charge in [0, 0.05) is 30.5 Å². The number of rotatable bonds is 12. The summed E-state index contributed by atoms with van der Waals surface area (Å²) in [4.78, 5) is 48.7. The number of hydrogen-bond acceptors (Lipinski definition) is 14. The Balaban J connectivity index is 1.18. The van der Waals surface area contributed by atoms with E-state index >= 15 is 0 Å². The van der Waals surface area contributed by atoms with Gasteiger partial charge in [-0.25, -0.2) is 0 Å². The molecule has 55 heavy (non-hydrogen) atoms. The van der Waals surface area contributed by atoms with Crippen LogP contribution in [0.1, 0.15) is 23.3 Å². The van der Waals surface area contributed by atoms with Gasteiger partial charge in [0.1, 0.15) is 41.1 Å². The van der Waals surface area contributed by atoms with Crippen LogP contribution < -0.4 is 16.2 Å². The highest BCUT2D eigenvalue weighted by Gasteiger charge is 2.37. The molecule has 2 aliphatic carbocycles. The number of para-hydroxylation sites is 2. The van der Waals surface area contributed by atoms with Crippen molar-refractivity contribution in [2.24, 2.45) is 25.2 Å². The van der Waals surface area contributed by atoms with Crippen LogP contribution in [0.15, 0.2) is 158 Å². The van der Waals surface area contributed by atoms with Crippen molar-refractivity contribution < 1.29 is 24.9 Å². The summed E-state index contributed by atoms with van der Waals surface area (Å²) in [5.74, 6) is -0.683. The standard InChI is InChI=1S/C38H32N10O7/c49-36(33(45-43-24-7-3-1-4-8-24)32-21-39-30-19-26(47(52)53)15-17-28(30)40-32)22-11-13-23(14-12-22)37(50)34(46-44-25-9-5-2-6-10-25)35-38(51)42-31-20-27(48(54)55)16-18-29(31)41-35/h1-21,28-31,36-37,43-44,49-50H,(H,42,51)/b45-33-,46-34-. The van der Waals surface area contributed by atoms with Crippen molar-refractivity contribution in [3.05, 3.63) is 164 Å². The highest BCUT2D eigenvalue weighted by molar-refractivity contribution is 6.68. The SMILES string of the molecule is O=C1NC2C=C([N+](=O)[O-])C=CC2N=C1/C(=N/Nc1ccccc1)C(O)c1ccc(C(O)/C(=N\Nc2ccccc2)C2=NC3C=CC([N+](=O)[O-])=CC3N=C2)cc1. The summed E-state index contributed by atoms with van der Waals surface area (Å²) in [5, 5.41) is 57.7. The van der Waals surface area contributed by atoms with E-state index in [9.17, 15) is 35.2 Å². The lowest BCUT2D eigenvalue weighted by atomic mass is 9.94. The molecule has 0 radical (unpaired) electrons. The molecule has 1 amide bonds. The number of hydrazone groups is 2. The van der Waals surface area contributed by atoms with Crippen LogP contribution in [0.5, 0.6) is 0 Å². The fraction of sp³-hybridized carbons (Fsp3) is 0.158. The topological polar surface area (TPSA) is 242 Å². The van der Waals surface area contributed by atoms with E-state index in [1.807, 2.05) is 24.3 Å². The number of nitro groups is 2. The molecule has 17 heteroatoms. The monoisotopic (exact) mass is 740 g/mol. The van der Waals surface area contributed by atoms with Crippen molar-refractivity contribution in [2.45, 2.75) is 36.4 Å². The van der Waals surface area contributed by atoms with Gasteiger partial charge in [-0.2, -0.15) is 10.2 Å². The normalized spacial score (nSPS) is 22.8. The van der Waals surface area contributed by atoms with E-state index in [0.717, 1.165) is 0 Å². The number of aliphatic hydroxyl groups excluding tert-OH is 2. The zero-order chi connectivity index (χ0) is 38.5. The number of carbonyl (C=O) groups is 1. The Morgan fingerprint density at radius 3 is 1.82 bits per heavy atom. The second-order valence-electron chi connectivity index (χ2n) is 12.6. The lowest BCUT2D eigenvalue weighted by Crippen LogP contribution is -2.52. The number of nitrogens with zero attached hydrogens (tertiary/aromatic N) is 7. The van der Waals surface area contributed by atoms with Crippen LogP contribution in [0.4, 0.5) is 11.4 Å². The average molecular weight is 741 g/mol. The third-order valence-electron chi connectivity index (χ3n) is 8.96. The highest BCUT2D eigenvalue weighted by atomic mass is 16.6. The predicted octanol–water partition coefficient (Wildman–Crippen LogP) is 3.72. The number of hydrogen-bond donors (Lipinski definition) is 5. The van der Waals surface area contributed by atoms with E-state index in [1.54, 1.807) is 66.7 Å². The van der Waals surface area contributed by atoms with Crippen molar-refractivity contribution >= 4 is 46.3 Å². The molecule has 2 heterocycles. The number of nitrogens with one attached hydrogen (secondary N) is 3. The van der Waals surface area contributed by atoms with Gasteiger partial charge in [0.2, 0.25) is 0 Å². The number of aliphatic hydroxyl groups is 2. The molecule has 0 spiro atoms. The lowest BCUT2D eigenvalue weighted by Gasteiger charge is -2.29. The van der Waals surface area contributed by atoms with Gasteiger partial charge in [-0.3, -0.25) is 50.9 Å². The largest absolute Gasteiger partial charge is 0.382 e. The van der Waals surface area contributed by atoms with Crippen LogP contribution in [-0.4, -0.2) is 79.2 Å². The van der Waals surface area contributed by atoms with E-state index in [-0.39, 0.29) is 34.2 Å². The molecule has 276 valence electrons. The van der Waals surface area contributed by atoms with Crippen LogP contribution in [0.2, 0.25) is 0 Å². The Hall–Kier alpha value is -7.24. The Kier molecular flexibility index (Phi) is 10.4. The van der Waals surface area contributed by atoms with Gasteiger partial charge >= 0.3 is 0 Å². The zero-order valence-corrected chi connectivity index (χ0v) is 28.7. The fourth-order valence-corrected chi connectivity index (χ4v) is 6.09. The number of fused-ring (bicyclic) bond motifs is 2. The molecule has 0 saturated carbocycles. The minimum absolute atomic E-state index is 0.0855. The number of carbonyl (C=O) groups excluding carboxylic acids is 1. The van der Waals surface area contributed by atoms with Crippen LogP contribution in [-0.2, 0) is 4.79 Å². The van der Waals surface area contributed by atoms with E-state index < -0.39 is 52.1 Å². The second kappa shape index (κ2) is 15.8. The molecule has 0 fully saturated rings. The van der Waals surface area contributed by atoms with E-state index in [4.69, 9.17) is 4.99 Å². The maximum absolute atomic E-state index is 13.4. The average Bonchev–Trinajstić information content (AvgIpc) is 3.21. The van der Waals surface area contributed by atoms with E-state index in [1.165, 1.54) is 36.6 Å². The first-order chi connectivity index (χ1) is 26.6. The highest BCUT2D eigenvalue weighted by Crippen LogP contribution is 2.26. The molecule has 6 atom stereocenters. The number of amides is 1. The Morgan fingerprint density at radius 1 is 0.709 bits per heavy atom. The summed E-state index contributed by atoms with van der Waals surface area (Å²) >= 11 is 0. The van der Waals surface area contributed by atoms with Gasteiger partial charge in [0.05, 0.1) is 39.3 Å². The van der Waals surface area contributed by atoms with Gasteiger partial charge < -0.3 is 15.5 Å². The minimum Gasteiger partial charge on any atom is -0.382 e. The Morgan fingerprint density at radius 2 is 1.24 bits per heavy atom. The molecular weight excluding hydrogens is 708 g/mol. The van der Waals surface area contributed by atoms with Gasteiger partial charge in [-0.15, -0.1) is 0 Å². The third kappa shape index (κ3) is 8.07. The molecule has 0 aromatic heterocycles. The molecule has 5 N–H and O–H groups in total. The number of aliphatic imine (C=N–C) groups is 3. The fourth-order valence-electron chi connectivity index (χ4n) is 6.09. The second-order valence-corrected chi connectivity index (χ2v) is 12.6. The molecule has 0 bridgehead atoms. The van der Waals surface area contributed by atoms with E-state index in [2.05, 4.69) is 36.4 Å². The quantitative estimate of drug-likeness (QED) is 0.103. The van der Waals surface area contributed by atoms with Gasteiger partial charge in [-0.1, -0.05) is 72.8 Å². The van der Waals surface area contributed by atoms with Crippen molar-refractivity contribution in [3.63, 3.8) is 0 Å². The van der Waals surface area contributed by atoms with Crippen LogP contribution >= 0.6 is 0 Å². The lowest BCUT2D eigenvalue weighted by molar-refractivity contribution is -0.419. The molecular formula is C38H32N10O7. The Bertz CT molecular complexity index is 2280. The maximum Gasteiger partial charge on any atom is 0.272 e. The van der Waals surface area contributed by atoms with Crippen LogP contribution in [0.3, 0.4) is 0 Å². The third-order valence-corrected chi connectivity index (χ3v) is 8.96. The summed E-state index contributed by atoms with van der Waals surface area (Å²) < 4.78 is 0. The summed E-state index contributed by atoms with van der Waals surface area (Å²) in [6, 6.07) is 21.6.